The summed E-state index contributed by atoms with van der Waals surface area (Å²) in [7, 11) is 0. The molecule has 1 fully saturated rings. The first-order chi connectivity index (χ1) is 12.8. The number of nitrogens with one attached hydrogen (secondary N) is 1. The Balaban J connectivity index is 1.96. The molecule has 0 spiro atoms. The third-order valence-electron chi connectivity index (χ3n) is 4.94. The number of hydrogen-bond acceptors (Lipinski definition) is 3. The van der Waals surface area contributed by atoms with Gasteiger partial charge in [0, 0.05) is 35.4 Å². The Morgan fingerprint density at radius 3 is 2.59 bits per heavy atom. The number of amides is 1. The van der Waals surface area contributed by atoms with E-state index in [0.29, 0.717) is 29.8 Å². The zero-order valence-electron chi connectivity index (χ0n) is 15.3. The summed E-state index contributed by atoms with van der Waals surface area (Å²) in [5, 5.41) is 13.9. The minimum Gasteiger partial charge on any atom is -0.508 e. The van der Waals surface area contributed by atoms with Crippen molar-refractivity contribution in [2.75, 3.05) is 0 Å². The van der Waals surface area contributed by atoms with E-state index in [2.05, 4.69) is 5.32 Å². The minimum absolute atomic E-state index is 0.0256. The van der Waals surface area contributed by atoms with Gasteiger partial charge in [0.2, 0.25) is 5.91 Å². The topological polar surface area (TPSA) is 58.6 Å². The van der Waals surface area contributed by atoms with E-state index in [1.165, 1.54) is 18.2 Å². The molecule has 2 aromatic rings. The van der Waals surface area contributed by atoms with Crippen LogP contribution in [0.25, 0.3) is 0 Å². The maximum Gasteiger partial charge on any atom is 0.220 e. The van der Waals surface area contributed by atoms with E-state index in [9.17, 15) is 14.3 Å². The highest BCUT2D eigenvalue weighted by Crippen LogP contribution is 2.45. The highest BCUT2D eigenvalue weighted by Gasteiger charge is 2.40. The van der Waals surface area contributed by atoms with Crippen molar-refractivity contribution < 1.29 is 19.0 Å². The summed E-state index contributed by atoms with van der Waals surface area (Å²) in [5.74, 6) is -0.530. The molecule has 0 aromatic heterocycles. The standard InChI is InChI=1S/C21H23ClFNO3/c1-3-20(26)24-21(2)11-18(13-4-6-14(22)7-5-13)27-19(12-21)16-10-15(23)8-9-17(16)25/h4-10,18-19,25H,3,11-12H2,1-2H3,(H,24,26)/t18-,19+,21+/m0/s1. The lowest BCUT2D eigenvalue weighted by Crippen LogP contribution is -2.50. The van der Waals surface area contributed by atoms with Crippen molar-refractivity contribution in [2.45, 2.75) is 50.9 Å². The van der Waals surface area contributed by atoms with E-state index in [1.54, 1.807) is 19.1 Å². The molecule has 1 aliphatic rings. The van der Waals surface area contributed by atoms with Crippen LogP contribution in [-0.4, -0.2) is 16.6 Å². The van der Waals surface area contributed by atoms with Gasteiger partial charge in [-0.2, -0.15) is 0 Å². The Labute approximate surface area is 163 Å². The van der Waals surface area contributed by atoms with Crippen LogP contribution in [0.4, 0.5) is 4.39 Å². The van der Waals surface area contributed by atoms with Crippen LogP contribution in [0.15, 0.2) is 42.5 Å². The number of phenolic OH excluding ortho intramolecular Hbond substituents is 1. The van der Waals surface area contributed by atoms with Gasteiger partial charge in [-0.1, -0.05) is 30.7 Å². The number of benzene rings is 2. The fourth-order valence-corrected chi connectivity index (χ4v) is 3.69. The SMILES string of the molecule is CCC(=O)N[C@]1(C)C[C@@H](c2ccc(Cl)cc2)O[C@@H](c2cc(F)ccc2O)C1. The Kier molecular flexibility index (Phi) is 5.72. The monoisotopic (exact) mass is 391 g/mol. The molecule has 0 radical (unpaired) electrons. The van der Waals surface area contributed by atoms with E-state index < -0.39 is 17.5 Å². The fraction of sp³-hybridized carbons (Fsp3) is 0.381. The van der Waals surface area contributed by atoms with Crippen LogP contribution < -0.4 is 5.32 Å². The van der Waals surface area contributed by atoms with Gasteiger partial charge in [0.05, 0.1) is 12.2 Å². The third kappa shape index (κ3) is 4.60. The largest absolute Gasteiger partial charge is 0.508 e. The predicted molar refractivity (Wildman–Crippen MR) is 102 cm³/mol. The molecular formula is C21H23ClFNO3. The summed E-state index contributed by atoms with van der Waals surface area (Å²) in [6.07, 6.45) is 0.480. The van der Waals surface area contributed by atoms with E-state index in [-0.39, 0.29) is 17.8 Å². The first kappa shape index (κ1) is 19.6. The van der Waals surface area contributed by atoms with Crippen LogP contribution in [-0.2, 0) is 9.53 Å². The molecule has 0 unspecified atom stereocenters. The van der Waals surface area contributed by atoms with Gasteiger partial charge in [-0.25, -0.2) is 4.39 Å². The van der Waals surface area contributed by atoms with E-state index in [1.807, 2.05) is 19.1 Å². The van der Waals surface area contributed by atoms with Gasteiger partial charge in [-0.05, 0) is 42.8 Å². The zero-order chi connectivity index (χ0) is 19.6. The second-order valence-electron chi connectivity index (χ2n) is 7.24. The normalized spacial score (nSPS) is 25.2. The van der Waals surface area contributed by atoms with Crippen LogP contribution in [0.5, 0.6) is 5.75 Å². The molecule has 2 aromatic carbocycles. The molecule has 0 bridgehead atoms. The lowest BCUT2D eigenvalue weighted by atomic mass is 9.81. The number of carbonyl (C=O) groups excluding carboxylic acids is 1. The van der Waals surface area contributed by atoms with Crippen molar-refractivity contribution in [1.29, 1.82) is 0 Å². The Morgan fingerprint density at radius 2 is 1.93 bits per heavy atom. The number of halogens is 2. The van der Waals surface area contributed by atoms with Crippen LogP contribution in [0.3, 0.4) is 0 Å². The average Bonchev–Trinajstić information content (AvgIpc) is 2.63. The molecular weight excluding hydrogens is 369 g/mol. The Hall–Kier alpha value is -2.11. The second kappa shape index (κ2) is 7.87. The number of ether oxygens (including phenoxy) is 1. The quantitative estimate of drug-likeness (QED) is 0.765. The van der Waals surface area contributed by atoms with Gasteiger partial charge in [-0.3, -0.25) is 4.79 Å². The Bertz CT molecular complexity index is 827. The molecule has 0 saturated carbocycles. The van der Waals surface area contributed by atoms with Crippen LogP contribution in [0.1, 0.15) is 56.4 Å². The summed E-state index contributed by atoms with van der Waals surface area (Å²) in [6, 6.07) is 11.1. The minimum atomic E-state index is -0.558. The molecule has 1 heterocycles. The molecule has 27 heavy (non-hydrogen) atoms. The van der Waals surface area contributed by atoms with Gasteiger partial charge < -0.3 is 15.2 Å². The van der Waals surface area contributed by atoms with E-state index in [0.717, 1.165) is 5.56 Å². The molecule has 6 heteroatoms. The van der Waals surface area contributed by atoms with Gasteiger partial charge >= 0.3 is 0 Å². The summed E-state index contributed by atoms with van der Waals surface area (Å²) >= 11 is 5.98. The number of carbonyl (C=O) groups is 1. The van der Waals surface area contributed by atoms with Crippen molar-refractivity contribution >= 4 is 17.5 Å². The van der Waals surface area contributed by atoms with Crippen molar-refractivity contribution in [2.24, 2.45) is 0 Å². The Morgan fingerprint density at radius 1 is 1.26 bits per heavy atom. The summed E-state index contributed by atoms with van der Waals surface area (Å²) in [6.45, 7) is 3.75. The lowest BCUT2D eigenvalue weighted by molar-refractivity contribution is -0.128. The molecule has 0 aliphatic carbocycles. The molecule has 2 N–H and O–H groups in total. The smallest absolute Gasteiger partial charge is 0.220 e. The first-order valence-electron chi connectivity index (χ1n) is 9.00. The number of aromatic hydroxyl groups is 1. The molecule has 3 rings (SSSR count). The molecule has 1 amide bonds. The summed E-state index contributed by atoms with van der Waals surface area (Å²) in [5.41, 5.74) is 0.738. The highest BCUT2D eigenvalue weighted by atomic mass is 35.5. The number of phenols is 1. The third-order valence-corrected chi connectivity index (χ3v) is 5.19. The van der Waals surface area contributed by atoms with Crippen molar-refractivity contribution in [3.8, 4) is 5.75 Å². The maximum atomic E-state index is 13.8. The second-order valence-corrected chi connectivity index (χ2v) is 7.68. The molecule has 144 valence electrons. The molecule has 4 nitrogen and oxygen atoms in total. The lowest BCUT2D eigenvalue weighted by Gasteiger charge is -2.43. The van der Waals surface area contributed by atoms with Crippen molar-refractivity contribution in [1.82, 2.24) is 5.32 Å². The predicted octanol–water partition coefficient (Wildman–Crippen LogP) is 5.06. The van der Waals surface area contributed by atoms with Gasteiger partial charge in [-0.15, -0.1) is 0 Å². The van der Waals surface area contributed by atoms with Crippen LogP contribution in [0, 0.1) is 5.82 Å². The fourth-order valence-electron chi connectivity index (χ4n) is 3.56. The van der Waals surface area contributed by atoms with E-state index >= 15 is 0 Å². The number of rotatable bonds is 4. The first-order valence-corrected chi connectivity index (χ1v) is 9.38. The zero-order valence-corrected chi connectivity index (χ0v) is 16.1. The van der Waals surface area contributed by atoms with Crippen molar-refractivity contribution in [3.05, 3.63) is 64.4 Å². The van der Waals surface area contributed by atoms with Crippen LogP contribution >= 0.6 is 11.6 Å². The van der Waals surface area contributed by atoms with Gasteiger partial charge in [0.25, 0.3) is 0 Å². The molecule has 3 atom stereocenters. The highest BCUT2D eigenvalue weighted by molar-refractivity contribution is 6.30. The molecule has 1 aliphatic heterocycles. The van der Waals surface area contributed by atoms with Crippen LogP contribution in [0.2, 0.25) is 5.02 Å². The van der Waals surface area contributed by atoms with Gasteiger partial charge in [0.15, 0.2) is 0 Å². The summed E-state index contributed by atoms with van der Waals surface area (Å²) < 4.78 is 20.0. The maximum absolute atomic E-state index is 13.8. The summed E-state index contributed by atoms with van der Waals surface area (Å²) in [4.78, 5) is 12.1. The van der Waals surface area contributed by atoms with E-state index in [4.69, 9.17) is 16.3 Å². The van der Waals surface area contributed by atoms with Crippen molar-refractivity contribution in [3.63, 3.8) is 0 Å². The molecule has 1 saturated heterocycles. The average molecular weight is 392 g/mol. The number of hydrogen-bond donors (Lipinski definition) is 2. The van der Waals surface area contributed by atoms with Gasteiger partial charge in [0.1, 0.15) is 11.6 Å².